The Balaban J connectivity index is 2.47. The molecule has 2 aromatic rings. The minimum absolute atomic E-state index is 0.192. The van der Waals surface area contributed by atoms with Gasteiger partial charge in [-0.25, -0.2) is 0 Å². The van der Waals surface area contributed by atoms with Gasteiger partial charge < -0.3 is 0 Å². The Morgan fingerprint density at radius 2 is 1.29 bits per heavy atom. The van der Waals surface area contributed by atoms with E-state index >= 15 is 0 Å². The van der Waals surface area contributed by atoms with E-state index in [4.69, 9.17) is 0 Å². The molecule has 0 radical (unpaired) electrons. The van der Waals surface area contributed by atoms with E-state index in [1.54, 1.807) is 0 Å². The molecule has 0 amide bonds. The molecule has 17 heavy (non-hydrogen) atoms. The summed E-state index contributed by atoms with van der Waals surface area (Å²) in [5.74, 6) is 0. The molecule has 0 spiro atoms. The van der Waals surface area contributed by atoms with Crippen LogP contribution in [0.15, 0.2) is 60.7 Å². The van der Waals surface area contributed by atoms with Crippen LogP contribution in [0.3, 0.4) is 0 Å². The molecule has 0 saturated carbocycles. The Bertz CT molecular complexity index is 413. The smallest absolute Gasteiger partial charge is 0.0427 e. The molecule has 2 rings (SSSR count). The summed E-state index contributed by atoms with van der Waals surface area (Å²) in [5, 5.41) is 0. The Morgan fingerprint density at radius 1 is 0.882 bits per heavy atom. The molecule has 0 N–H and O–H groups in total. The van der Waals surface area contributed by atoms with Gasteiger partial charge in [0.15, 0.2) is 0 Å². The molecule has 0 saturated heterocycles. The predicted molar refractivity (Wildman–Crippen MR) is 82.4 cm³/mol. The number of hydrogen-bond acceptors (Lipinski definition) is 0. The molecular weight excluding hydrogens is 239 g/mol. The average molecular weight is 258 g/mol. The van der Waals surface area contributed by atoms with Crippen molar-refractivity contribution in [2.75, 3.05) is 0 Å². The van der Waals surface area contributed by atoms with Crippen molar-refractivity contribution < 1.29 is 0 Å². The van der Waals surface area contributed by atoms with Crippen LogP contribution in [0.1, 0.15) is 18.1 Å². The summed E-state index contributed by atoms with van der Waals surface area (Å²) in [6, 6.07) is 23.1. The van der Waals surface area contributed by atoms with Gasteiger partial charge in [-0.1, -0.05) is 73.6 Å². The number of rotatable bonds is 4. The SMILES string of the molecule is CC[SiH2]C(P)(c1ccccc1)c1ccccc1. The van der Waals surface area contributed by atoms with E-state index in [9.17, 15) is 0 Å². The lowest BCUT2D eigenvalue weighted by Gasteiger charge is -2.30. The molecular formula is C15H19PSi. The highest BCUT2D eigenvalue weighted by Gasteiger charge is 2.27. The molecule has 2 heteroatoms. The van der Waals surface area contributed by atoms with Crippen molar-refractivity contribution in [1.29, 1.82) is 0 Å². The third kappa shape index (κ3) is 2.67. The van der Waals surface area contributed by atoms with Crippen molar-refractivity contribution in [1.82, 2.24) is 0 Å². The molecule has 0 bridgehead atoms. The first kappa shape index (κ1) is 12.5. The monoisotopic (exact) mass is 258 g/mol. The molecule has 0 fully saturated rings. The van der Waals surface area contributed by atoms with E-state index < -0.39 is 0 Å². The number of benzene rings is 2. The van der Waals surface area contributed by atoms with Gasteiger partial charge in [0.05, 0.1) is 0 Å². The molecule has 1 atom stereocenters. The summed E-state index contributed by atoms with van der Waals surface area (Å²) < 4.78 is 0.192. The zero-order valence-electron chi connectivity index (χ0n) is 10.3. The summed E-state index contributed by atoms with van der Waals surface area (Å²) in [7, 11) is 2.93. The van der Waals surface area contributed by atoms with Crippen LogP contribution in [0.2, 0.25) is 6.04 Å². The second kappa shape index (κ2) is 5.62. The van der Waals surface area contributed by atoms with Crippen molar-refractivity contribution in [3.8, 4) is 0 Å². The first-order chi connectivity index (χ1) is 8.27. The third-order valence-corrected chi connectivity index (χ3v) is 6.86. The van der Waals surface area contributed by atoms with Crippen molar-refractivity contribution in [2.45, 2.75) is 17.7 Å². The van der Waals surface area contributed by atoms with E-state index in [2.05, 4.69) is 76.8 Å². The quantitative estimate of drug-likeness (QED) is 0.582. The molecule has 2 aromatic carbocycles. The molecule has 88 valence electrons. The lowest BCUT2D eigenvalue weighted by atomic mass is 10.0. The maximum absolute atomic E-state index is 3.13. The first-order valence-electron chi connectivity index (χ1n) is 6.17. The van der Waals surface area contributed by atoms with Crippen LogP contribution in [-0.4, -0.2) is 9.52 Å². The lowest BCUT2D eigenvalue weighted by Crippen LogP contribution is -2.27. The van der Waals surface area contributed by atoms with Gasteiger partial charge in [0.1, 0.15) is 0 Å². The van der Waals surface area contributed by atoms with Crippen molar-refractivity contribution in [2.24, 2.45) is 0 Å². The van der Waals surface area contributed by atoms with Crippen molar-refractivity contribution in [3.05, 3.63) is 71.8 Å². The van der Waals surface area contributed by atoms with Gasteiger partial charge in [-0.05, 0) is 11.1 Å². The fourth-order valence-corrected chi connectivity index (χ4v) is 5.41. The van der Waals surface area contributed by atoms with E-state index in [0.717, 1.165) is 0 Å². The van der Waals surface area contributed by atoms with Gasteiger partial charge in [0, 0.05) is 14.3 Å². The first-order valence-corrected chi connectivity index (χ1v) is 8.46. The van der Waals surface area contributed by atoms with E-state index in [1.165, 1.54) is 17.2 Å². The zero-order chi connectivity index (χ0) is 12.1. The topological polar surface area (TPSA) is 0 Å². The van der Waals surface area contributed by atoms with Gasteiger partial charge in [-0.3, -0.25) is 0 Å². The van der Waals surface area contributed by atoms with E-state index in [0.29, 0.717) is 0 Å². The summed E-state index contributed by atoms with van der Waals surface area (Å²) in [4.78, 5) is 0. The van der Waals surface area contributed by atoms with Gasteiger partial charge in [-0.15, -0.1) is 9.24 Å². The summed E-state index contributed by atoms with van der Waals surface area (Å²) in [6.45, 7) is 2.30. The number of hydrogen-bond donors (Lipinski definition) is 0. The standard InChI is InChI=1S/C15H19PSi/c1-2-17-15(16,13-9-5-3-6-10-13)14-11-7-4-8-12-14/h3-12H,2,16-17H2,1H3. The van der Waals surface area contributed by atoms with Crippen molar-refractivity contribution >= 4 is 18.8 Å². The van der Waals surface area contributed by atoms with Crippen LogP contribution >= 0.6 is 9.24 Å². The van der Waals surface area contributed by atoms with E-state index in [1.807, 2.05) is 0 Å². The molecule has 1 unspecified atom stereocenters. The molecule has 0 aliphatic carbocycles. The average Bonchev–Trinajstić information content (AvgIpc) is 2.41. The van der Waals surface area contributed by atoms with Gasteiger partial charge in [-0.2, -0.15) is 0 Å². The van der Waals surface area contributed by atoms with Crippen LogP contribution in [0.25, 0.3) is 0 Å². The maximum atomic E-state index is 3.13. The summed E-state index contributed by atoms with van der Waals surface area (Å²) in [6.07, 6.45) is 0. The lowest BCUT2D eigenvalue weighted by molar-refractivity contribution is 1.03. The Morgan fingerprint density at radius 3 is 1.65 bits per heavy atom. The van der Waals surface area contributed by atoms with Crippen LogP contribution in [0.4, 0.5) is 0 Å². The highest BCUT2D eigenvalue weighted by Crippen LogP contribution is 2.38. The molecule has 0 nitrogen and oxygen atoms in total. The fourth-order valence-electron chi connectivity index (χ4n) is 2.32. The Labute approximate surface area is 108 Å². The van der Waals surface area contributed by atoms with Gasteiger partial charge in [0.25, 0.3) is 0 Å². The summed E-state index contributed by atoms with van der Waals surface area (Å²) >= 11 is 0. The normalized spacial score (nSPS) is 12.1. The van der Waals surface area contributed by atoms with Crippen LogP contribution in [-0.2, 0) is 4.78 Å². The molecule has 0 aromatic heterocycles. The van der Waals surface area contributed by atoms with Crippen LogP contribution < -0.4 is 0 Å². The minimum atomic E-state index is -0.194. The second-order valence-corrected chi connectivity index (χ2v) is 8.87. The second-order valence-electron chi connectivity index (χ2n) is 4.45. The zero-order valence-corrected chi connectivity index (χ0v) is 12.8. The fraction of sp³-hybridized carbons (Fsp3) is 0.200. The highest BCUT2D eigenvalue weighted by atomic mass is 31.0. The van der Waals surface area contributed by atoms with Gasteiger partial charge in [0.2, 0.25) is 0 Å². The molecule has 0 aliphatic heterocycles. The molecule has 0 aliphatic rings. The summed E-state index contributed by atoms with van der Waals surface area (Å²) in [5.41, 5.74) is 2.87. The predicted octanol–water partition coefficient (Wildman–Crippen LogP) is 3.37. The van der Waals surface area contributed by atoms with Crippen LogP contribution in [0, 0.1) is 0 Å². The Hall–Kier alpha value is -0.913. The molecule has 0 heterocycles. The maximum Gasteiger partial charge on any atom is 0.0427 e. The Kier molecular flexibility index (Phi) is 4.14. The largest absolute Gasteiger partial charge is 0.126 e. The minimum Gasteiger partial charge on any atom is -0.126 e. The third-order valence-electron chi connectivity index (χ3n) is 3.22. The van der Waals surface area contributed by atoms with Gasteiger partial charge >= 0.3 is 0 Å². The van der Waals surface area contributed by atoms with Crippen LogP contribution in [0.5, 0.6) is 0 Å². The highest BCUT2D eigenvalue weighted by molar-refractivity contribution is 7.23. The van der Waals surface area contributed by atoms with Crippen molar-refractivity contribution in [3.63, 3.8) is 0 Å². The van der Waals surface area contributed by atoms with E-state index in [-0.39, 0.29) is 14.3 Å².